The van der Waals surface area contributed by atoms with Crippen LogP contribution in [0.25, 0.3) is 22.0 Å². The molecule has 1 aliphatic rings. The Morgan fingerprint density at radius 2 is 1.62 bits per heavy atom. The van der Waals surface area contributed by atoms with Crippen LogP contribution in [0.3, 0.4) is 0 Å². The highest BCUT2D eigenvalue weighted by molar-refractivity contribution is 5.98. The fourth-order valence-electron chi connectivity index (χ4n) is 4.35. The third kappa shape index (κ3) is 4.01. The van der Waals surface area contributed by atoms with Crippen LogP contribution in [0, 0.1) is 11.3 Å². The van der Waals surface area contributed by atoms with Crippen molar-refractivity contribution < 1.29 is 4.79 Å². The van der Waals surface area contributed by atoms with Crippen LogP contribution < -0.4 is 0 Å². The molecule has 1 saturated heterocycles. The average molecular weight is 421 g/mol. The van der Waals surface area contributed by atoms with Crippen molar-refractivity contribution in [1.29, 1.82) is 5.26 Å². The van der Waals surface area contributed by atoms with Gasteiger partial charge in [0.1, 0.15) is 5.69 Å². The van der Waals surface area contributed by atoms with Crippen molar-refractivity contribution >= 4 is 16.8 Å². The van der Waals surface area contributed by atoms with Gasteiger partial charge in [-0.3, -0.25) is 9.69 Å². The molecule has 32 heavy (non-hydrogen) atoms. The zero-order valence-electron chi connectivity index (χ0n) is 17.8. The number of nitriles is 1. The zero-order chi connectivity index (χ0) is 21.9. The highest BCUT2D eigenvalue weighted by atomic mass is 16.2. The van der Waals surface area contributed by atoms with Gasteiger partial charge in [0.15, 0.2) is 0 Å². The van der Waals surface area contributed by atoms with Gasteiger partial charge in [0, 0.05) is 43.6 Å². The average Bonchev–Trinajstić information content (AvgIpc) is 3.29. The highest BCUT2D eigenvalue weighted by Gasteiger charge is 2.23. The predicted molar refractivity (Wildman–Crippen MR) is 126 cm³/mol. The van der Waals surface area contributed by atoms with E-state index in [0.717, 1.165) is 54.8 Å². The Bertz CT molecular complexity index is 1260. The van der Waals surface area contributed by atoms with Crippen LogP contribution in [0.1, 0.15) is 21.6 Å². The molecule has 1 amide bonds. The second kappa shape index (κ2) is 8.70. The van der Waals surface area contributed by atoms with Crippen molar-refractivity contribution in [1.82, 2.24) is 14.8 Å². The lowest BCUT2D eigenvalue weighted by molar-refractivity contribution is 0.0623. The van der Waals surface area contributed by atoms with Gasteiger partial charge in [-0.05, 0) is 34.9 Å². The van der Waals surface area contributed by atoms with E-state index in [1.54, 1.807) is 0 Å². The maximum absolute atomic E-state index is 12.9. The number of amides is 1. The summed E-state index contributed by atoms with van der Waals surface area (Å²) in [6.45, 7) is 4.01. The molecule has 3 aromatic carbocycles. The number of piperazine rings is 1. The molecule has 1 aliphatic heterocycles. The van der Waals surface area contributed by atoms with E-state index < -0.39 is 0 Å². The number of aromatic nitrogens is 1. The van der Waals surface area contributed by atoms with Crippen molar-refractivity contribution in [2.24, 2.45) is 0 Å². The smallest absolute Gasteiger partial charge is 0.270 e. The van der Waals surface area contributed by atoms with Gasteiger partial charge in [-0.1, -0.05) is 60.7 Å². The zero-order valence-corrected chi connectivity index (χ0v) is 17.8. The molecule has 0 bridgehead atoms. The number of nitrogens with one attached hydrogen (secondary N) is 1. The van der Waals surface area contributed by atoms with E-state index in [4.69, 9.17) is 0 Å². The van der Waals surface area contributed by atoms with Crippen LogP contribution in [0.5, 0.6) is 0 Å². The standard InChI is InChI=1S/C27H24N4O/c28-18-23-6-1-3-7-24(23)21-11-9-20(10-12-21)19-30-13-15-31(16-14-30)27(32)26-17-22-5-2-4-8-25(22)29-26/h1-12,17,29H,13-16,19H2. The summed E-state index contributed by atoms with van der Waals surface area (Å²) in [6, 6.07) is 28.3. The van der Waals surface area contributed by atoms with Gasteiger partial charge in [-0.15, -0.1) is 0 Å². The number of para-hydroxylation sites is 1. The molecule has 0 unspecified atom stereocenters. The van der Waals surface area contributed by atoms with Crippen LogP contribution in [-0.4, -0.2) is 46.9 Å². The van der Waals surface area contributed by atoms with E-state index in [9.17, 15) is 10.1 Å². The molecular weight excluding hydrogens is 396 g/mol. The molecule has 158 valence electrons. The van der Waals surface area contributed by atoms with E-state index in [0.29, 0.717) is 11.3 Å². The first kappa shape index (κ1) is 20.0. The molecule has 0 spiro atoms. The molecule has 1 N–H and O–H groups in total. The number of H-pyrrole nitrogens is 1. The molecule has 5 nitrogen and oxygen atoms in total. The first-order valence-corrected chi connectivity index (χ1v) is 10.9. The number of hydrogen-bond acceptors (Lipinski definition) is 3. The number of carbonyl (C=O) groups is 1. The lowest BCUT2D eigenvalue weighted by atomic mass is 9.99. The Hall–Kier alpha value is -3.88. The van der Waals surface area contributed by atoms with Crippen molar-refractivity contribution in [3.8, 4) is 17.2 Å². The molecule has 0 radical (unpaired) electrons. The maximum atomic E-state index is 12.9. The summed E-state index contributed by atoms with van der Waals surface area (Å²) in [5.74, 6) is 0.0707. The third-order valence-electron chi connectivity index (χ3n) is 6.14. The van der Waals surface area contributed by atoms with E-state index >= 15 is 0 Å². The molecule has 5 rings (SSSR count). The molecule has 1 aromatic heterocycles. The SMILES string of the molecule is N#Cc1ccccc1-c1ccc(CN2CCN(C(=O)c3cc4ccccc4[nH]3)CC2)cc1. The second-order valence-corrected chi connectivity index (χ2v) is 8.19. The maximum Gasteiger partial charge on any atom is 0.270 e. The molecule has 5 heteroatoms. The summed E-state index contributed by atoms with van der Waals surface area (Å²) in [7, 11) is 0. The van der Waals surface area contributed by atoms with E-state index in [2.05, 4.69) is 40.2 Å². The summed E-state index contributed by atoms with van der Waals surface area (Å²) in [5, 5.41) is 10.4. The molecule has 4 aromatic rings. The summed E-state index contributed by atoms with van der Waals surface area (Å²) < 4.78 is 0. The number of aromatic amines is 1. The summed E-state index contributed by atoms with van der Waals surface area (Å²) >= 11 is 0. The Balaban J connectivity index is 1.20. The van der Waals surface area contributed by atoms with Crippen LogP contribution in [0.15, 0.2) is 78.9 Å². The Kier molecular flexibility index (Phi) is 5.45. The fourth-order valence-corrected chi connectivity index (χ4v) is 4.35. The first-order valence-electron chi connectivity index (χ1n) is 10.9. The van der Waals surface area contributed by atoms with Gasteiger partial charge >= 0.3 is 0 Å². The number of benzene rings is 3. The lowest BCUT2D eigenvalue weighted by Gasteiger charge is -2.34. The Labute approximate surface area is 187 Å². The number of carbonyl (C=O) groups excluding carboxylic acids is 1. The van der Waals surface area contributed by atoms with Gasteiger partial charge in [0.05, 0.1) is 11.6 Å². The van der Waals surface area contributed by atoms with Crippen molar-refractivity contribution in [3.05, 3.63) is 95.7 Å². The largest absolute Gasteiger partial charge is 0.351 e. The number of hydrogen-bond donors (Lipinski definition) is 1. The van der Waals surface area contributed by atoms with Gasteiger partial charge in [0.2, 0.25) is 0 Å². The van der Waals surface area contributed by atoms with Crippen LogP contribution in [-0.2, 0) is 6.54 Å². The van der Waals surface area contributed by atoms with E-state index in [-0.39, 0.29) is 5.91 Å². The monoisotopic (exact) mass is 420 g/mol. The number of fused-ring (bicyclic) bond motifs is 1. The molecule has 2 heterocycles. The van der Waals surface area contributed by atoms with Crippen LogP contribution in [0.4, 0.5) is 0 Å². The predicted octanol–water partition coefficient (Wildman–Crippen LogP) is 4.66. The van der Waals surface area contributed by atoms with Crippen LogP contribution >= 0.6 is 0 Å². The topological polar surface area (TPSA) is 63.1 Å². The number of nitrogens with zero attached hydrogens (tertiary/aromatic N) is 3. The van der Waals surface area contributed by atoms with Crippen molar-refractivity contribution in [3.63, 3.8) is 0 Å². The summed E-state index contributed by atoms with van der Waals surface area (Å²) in [6.07, 6.45) is 0. The van der Waals surface area contributed by atoms with E-state index in [1.807, 2.05) is 59.5 Å². The molecule has 1 fully saturated rings. The molecule has 0 saturated carbocycles. The van der Waals surface area contributed by atoms with Gasteiger partial charge in [0.25, 0.3) is 5.91 Å². The van der Waals surface area contributed by atoms with Gasteiger partial charge < -0.3 is 9.88 Å². The Morgan fingerprint density at radius 3 is 2.38 bits per heavy atom. The quantitative estimate of drug-likeness (QED) is 0.522. The van der Waals surface area contributed by atoms with Crippen LogP contribution in [0.2, 0.25) is 0 Å². The number of rotatable bonds is 4. The van der Waals surface area contributed by atoms with E-state index in [1.165, 1.54) is 5.56 Å². The Morgan fingerprint density at radius 1 is 0.906 bits per heavy atom. The van der Waals surface area contributed by atoms with Crippen molar-refractivity contribution in [2.45, 2.75) is 6.54 Å². The third-order valence-corrected chi connectivity index (χ3v) is 6.14. The minimum absolute atomic E-state index is 0.0707. The van der Waals surface area contributed by atoms with Gasteiger partial charge in [-0.25, -0.2) is 0 Å². The minimum atomic E-state index is 0.0707. The molecule has 0 atom stereocenters. The van der Waals surface area contributed by atoms with Gasteiger partial charge in [-0.2, -0.15) is 5.26 Å². The first-order chi connectivity index (χ1) is 15.7. The fraction of sp³-hybridized carbons (Fsp3) is 0.185. The summed E-state index contributed by atoms with van der Waals surface area (Å²) in [5.41, 5.74) is 5.60. The summed E-state index contributed by atoms with van der Waals surface area (Å²) in [4.78, 5) is 20.5. The second-order valence-electron chi connectivity index (χ2n) is 8.19. The van der Waals surface area contributed by atoms with Crippen molar-refractivity contribution in [2.75, 3.05) is 26.2 Å². The highest BCUT2D eigenvalue weighted by Crippen LogP contribution is 2.24. The molecule has 0 aliphatic carbocycles. The normalized spacial score (nSPS) is 14.4. The lowest BCUT2D eigenvalue weighted by Crippen LogP contribution is -2.48. The minimum Gasteiger partial charge on any atom is -0.351 e. The molecular formula is C27H24N4O.